The number of rotatable bonds is 4. The maximum absolute atomic E-state index is 12.7. The Balaban J connectivity index is 1.53. The third-order valence-corrected chi connectivity index (χ3v) is 6.85. The van der Waals surface area contributed by atoms with E-state index in [9.17, 15) is 13.2 Å². The van der Waals surface area contributed by atoms with E-state index in [1.807, 2.05) is 48.2 Å². The van der Waals surface area contributed by atoms with Gasteiger partial charge in [-0.15, -0.1) is 4.40 Å². The molecule has 0 spiro atoms. The maximum Gasteiger partial charge on any atom is 0.286 e. The fourth-order valence-electron chi connectivity index (χ4n) is 3.82. The standard InChI is InChI=1S/C22H26N4O3S/c1-25(2)18-10-7-16(8-11-18)15-23-22(27)17-9-12-19-20(14-17)30(28,29)24-21-6-4-3-5-13-26(19)21/h7-12,14H,3-6,13,15H2,1-2H3,(H,23,27). The lowest BCUT2D eigenvalue weighted by molar-refractivity contribution is 0.0950. The third kappa shape index (κ3) is 4.05. The Kier molecular flexibility index (Phi) is 5.51. The number of hydrogen-bond donors (Lipinski definition) is 1. The fourth-order valence-corrected chi connectivity index (χ4v) is 5.10. The number of fused-ring (bicyclic) bond motifs is 3. The largest absolute Gasteiger partial charge is 0.378 e. The molecular weight excluding hydrogens is 400 g/mol. The number of carbonyl (C=O) groups is 1. The summed E-state index contributed by atoms with van der Waals surface area (Å²) in [5, 5.41) is 2.87. The lowest BCUT2D eigenvalue weighted by atomic mass is 10.1. The number of nitrogens with one attached hydrogen (secondary N) is 1. The van der Waals surface area contributed by atoms with Crippen LogP contribution in [0, 0.1) is 0 Å². The second-order valence-electron chi connectivity index (χ2n) is 7.87. The normalized spacial score (nSPS) is 17.3. The molecule has 4 rings (SSSR count). The van der Waals surface area contributed by atoms with Gasteiger partial charge in [-0.25, -0.2) is 0 Å². The van der Waals surface area contributed by atoms with Crippen molar-refractivity contribution in [3.8, 4) is 0 Å². The Morgan fingerprint density at radius 2 is 1.87 bits per heavy atom. The summed E-state index contributed by atoms with van der Waals surface area (Å²) in [6.07, 6.45) is 3.65. The number of amidine groups is 1. The van der Waals surface area contributed by atoms with Crippen LogP contribution in [0.4, 0.5) is 11.4 Å². The van der Waals surface area contributed by atoms with Crippen LogP contribution in [0.3, 0.4) is 0 Å². The molecule has 0 radical (unpaired) electrons. The highest BCUT2D eigenvalue weighted by Gasteiger charge is 2.32. The van der Waals surface area contributed by atoms with Crippen molar-refractivity contribution in [1.29, 1.82) is 0 Å². The molecule has 2 aliphatic rings. The van der Waals surface area contributed by atoms with Gasteiger partial charge in [0.2, 0.25) is 0 Å². The number of nitrogens with zero attached hydrogens (tertiary/aromatic N) is 3. The smallest absolute Gasteiger partial charge is 0.286 e. The van der Waals surface area contributed by atoms with Gasteiger partial charge in [-0.1, -0.05) is 18.6 Å². The molecule has 7 nitrogen and oxygen atoms in total. The van der Waals surface area contributed by atoms with Crippen molar-refractivity contribution in [3.05, 3.63) is 53.6 Å². The maximum atomic E-state index is 12.7. The van der Waals surface area contributed by atoms with Gasteiger partial charge in [-0.2, -0.15) is 8.42 Å². The van der Waals surface area contributed by atoms with Crippen LogP contribution in [0.15, 0.2) is 51.8 Å². The van der Waals surface area contributed by atoms with E-state index in [-0.39, 0.29) is 10.8 Å². The van der Waals surface area contributed by atoms with Gasteiger partial charge in [-0.3, -0.25) is 4.79 Å². The molecule has 8 heteroatoms. The predicted octanol–water partition coefficient (Wildman–Crippen LogP) is 3.16. The second kappa shape index (κ2) is 8.10. The number of sulfonamides is 1. The fraction of sp³-hybridized carbons (Fsp3) is 0.364. The van der Waals surface area contributed by atoms with Crippen LogP contribution < -0.4 is 15.1 Å². The van der Waals surface area contributed by atoms with Crippen molar-refractivity contribution in [2.45, 2.75) is 37.1 Å². The van der Waals surface area contributed by atoms with E-state index >= 15 is 0 Å². The van der Waals surface area contributed by atoms with Crippen LogP contribution in [-0.4, -0.2) is 40.8 Å². The van der Waals surface area contributed by atoms with Gasteiger partial charge in [0.1, 0.15) is 10.7 Å². The Bertz CT molecular complexity index is 1090. The van der Waals surface area contributed by atoms with Gasteiger partial charge < -0.3 is 15.1 Å². The molecule has 0 saturated carbocycles. The minimum absolute atomic E-state index is 0.108. The van der Waals surface area contributed by atoms with E-state index < -0.39 is 10.0 Å². The summed E-state index contributed by atoms with van der Waals surface area (Å²) in [7, 11) is 0.140. The number of carbonyl (C=O) groups excluding carboxylic acids is 1. The van der Waals surface area contributed by atoms with E-state index in [1.165, 1.54) is 6.07 Å². The summed E-state index contributed by atoms with van der Waals surface area (Å²) in [5.41, 5.74) is 2.99. The van der Waals surface area contributed by atoms with Crippen LogP contribution in [0.2, 0.25) is 0 Å². The first-order valence-corrected chi connectivity index (χ1v) is 11.6. The highest BCUT2D eigenvalue weighted by atomic mass is 32.2. The van der Waals surface area contributed by atoms with Crippen LogP contribution in [-0.2, 0) is 16.6 Å². The first-order chi connectivity index (χ1) is 14.3. The summed E-state index contributed by atoms with van der Waals surface area (Å²) >= 11 is 0. The van der Waals surface area contributed by atoms with E-state index in [2.05, 4.69) is 9.71 Å². The highest BCUT2D eigenvalue weighted by Crippen LogP contribution is 2.35. The molecule has 1 N–H and O–H groups in total. The minimum atomic E-state index is -3.80. The second-order valence-corrected chi connectivity index (χ2v) is 9.44. The van der Waals surface area contributed by atoms with Crippen molar-refractivity contribution in [2.24, 2.45) is 4.40 Å². The average Bonchev–Trinajstić information content (AvgIpc) is 2.97. The molecule has 2 heterocycles. The van der Waals surface area contributed by atoms with Gasteiger partial charge in [0.25, 0.3) is 15.9 Å². The summed E-state index contributed by atoms with van der Waals surface area (Å²) in [4.78, 5) is 16.8. The zero-order chi connectivity index (χ0) is 21.3. The molecule has 0 atom stereocenters. The van der Waals surface area contributed by atoms with Crippen molar-refractivity contribution in [3.63, 3.8) is 0 Å². The Morgan fingerprint density at radius 1 is 1.10 bits per heavy atom. The molecule has 1 saturated heterocycles. The van der Waals surface area contributed by atoms with E-state index in [4.69, 9.17) is 0 Å². The zero-order valence-corrected chi connectivity index (χ0v) is 18.1. The monoisotopic (exact) mass is 426 g/mol. The molecule has 0 aromatic heterocycles. The van der Waals surface area contributed by atoms with E-state index in [0.29, 0.717) is 30.1 Å². The van der Waals surface area contributed by atoms with E-state index in [1.54, 1.807) is 12.1 Å². The van der Waals surface area contributed by atoms with Crippen molar-refractivity contribution >= 4 is 33.1 Å². The lowest BCUT2D eigenvalue weighted by Crippen LogP contribution is -2.35. The molecule has 0 unspecified atom stereocenters. The van der Waals surface area contributed by atoms with Gasteiger partial charge in [-0.05, 0) is 48.7 Å². The van der Waals surface area contributed by atoms with Gasteiger partial charge in [0.05, 0.1) is 5.69 Å². The third-order valence-electron chi connectivity index (χ3n) is 5.52. The van der Waals surface area contributed by atoms with Gasteiger partial charge >= 0.3 is 0 Å². The Labute approximate surface area is 177 Å². The number of hydrogen-bond acceptors (Lipinski definition) is 5. The van der Waals surface area contributed by atoms with Gasteiger partial charge in [0.15, 0.2) is 0 Å². The molecule has 1 amide bonds. The lowest BCUT2D eigenvalue weighted by Gasteiger charge is -2.29. The van der Waals surface area contributed by atoms with Gasteiger partial charge in [0, 0.05) is 44.9 Å². The molecular formula is C22H26N4O3S. The predicted molar refractivity (Wildman–Crippen MR) is 119 cm³/mol. The summed E-state index contributed by atoms with van der Waals surface area (Å²) in [6, 6.07) is 12.8. The Hall–Kier alpha value is -2.87. The molecule has 30 heavy (non-hydrogen) atoms. The van der Waals surface area contributed by atoms with Crippen molar-refractivity contribution in [1.82, 2.24) is 5.32 Å². The molecule has 0 aliphatic carbocycles. The first-order valence-electron chi connectivity index (χ1n) is 10.1. The summed E-state index contributed by atoms with van der Waals surface area (Å²) in [6.45, 7) is 1.11. The van der Waals surface area contributed by atoms with Crippen LogP contribution >= 0.6 is 0 Å². The molecule has 2 aromatic carbocycles. The zero-order valence-electron chi connectivity index (χ0n) is 17.3. The molecule has 1 fully saturated rings. The van der Waals surface area contributed by atoms with Crippen LogP contribution in [0.1, 0.15) is 41.6 Å². The highest BCUT2D eigenvalue weighted by molar-refractivity contribution is 7.90. The molecule has 158 valence electrons. The number of anilines is 2. The SMILES string of the molecule is CN(C)c1ccc(CNC(=O)c2ccc3c(c2)S(=O)(=O)N=C2CCCCCN23)cc1. The number of amides is 1. The Morgan fingerprint density at radius 3 is 2.60 bits per heavy atom. The van der Waals surface area contributed by atoms with E-state index in [0.717, 1.165) is 37.1 Å². The molecule has 0 bridgehead atoms. The van der Waals surface area contributed by atoms with Crippen molar-refractivity contribution in [2.75, 3.05) is 30.4 Å². The van der Waals surface area contributed by atoms with Crippen molar-refractivity contribution < 1.29 is 13.2 Å². The number of benzene rings is 2. The molecule has 2 aromatic rings. The summed E-state index contributed by atoms with van der Waals surface area (Å²) < 4.78 is 29.5. The topological polar surface area (TPSA) is 82.1 Å². The average molecular weight is 427 g/mol. The quantitative estimate of drug-likeness (QED) is 0.812. The summed E-state index contributed by atoms with van der Waals surface area (Å²) in [5.74, 6) is 0.300. The van der Waals surface area contributed by atoms with Crippen LogP contribution in [0.25, 0.3) is 0 Å². The first kappa shape index (κ1) is 20.4. The van der Waals surface area contributed by atoms with Crippen LogP contribution in [0.5, 0.6) is 0 Å². The molecule has 2 aliphatic heterocycles. The minimum Gasteiger partial charge on any atom is -0.378 e.